The SMILES string of the molecule is CC(C)(Cc1ccc(CCN2CCCN(c3nc4ccccc4n3Cc3ccc(F)cc3)CCC2)cc1)C(=O)O.[Na+]. The summed E-state index contributed by atoms with van der Waals surface area (Å²) < 4.78 is 15.8. The molecule has 4 aromatic rings. The van der Waals surface area contributed by atoms with Crippen LogP contribution < -0.4 is 34.5 Å². The van der Waals surface area contributed by atoms with Gasteiger partial charge in [0.25, 0.3) is 0 Å². The number of fused-ring (bicyclic) bond motifs is 1. The van der Waals surface area contributed by atoms with E-state index >= 15 is 0 Å². The molecule has 0 unspecified atom stereocenters. The molecule has 1 N–H and O–H groups in total. The summed E-state index contributed by atoms with van der Waals surface area (Å²) >= 11 is 0. The van der Waals surface area contributed by atoms with Gasteiger partial charge in [-0.05, 0) is 93.6 Å². The van der Waals surface area contributed by atoms with Crippen molar-refractivity contribution < 1.29 is 43.8 Å². The Morgan fingerprint density at radius 3 is 2.15 bits per heavy atom. The molecule has 0 atom stereocenters. The molecule has 1 aromatic heterocycles. The van der Waals surface area contributed by atoms with Crippen molar-refractivity contribution in [2.45, 2.75) is 46.1 Å². The summed E-state index contributed by atoms with van der Waals surface area (Å²) in [5.41, 5.74) is 4.74. The first-order chi connectivity index (χ1) is 19.3. The van der Waals surface area contributed by atoms with Gasteiger partial charge in [-0.3, -0.25) is 4.79 Å². The van der Waals surface area contributed by atoms with Crippen LogP contribution in [-0.4, -0.2) is 58.3 Å². The van der Waals surface area contributed by atoms with Gasteiger partial charge in [-0.1, -0.05) is 48.5 Å². The third kappa shape index (κ3) is 7.98. The summed E-state index contributed by atoms with van der Waals surface area (Å²) in [5, 5.41) is 9.40. The Morgan fingerprint density at radius 2 is 1.49 bits per heavy atom. The van der Waals surface area contributed by atoms with E-state index in [4.69, 9.17) is 4.98 Å². The maximum atomic E-state index is 13.5. The number of nitrogens with zero attached hydrogens (tertiary/aromatic N) is 4. The molecule has 6 nitrogen and oxygen atoms in total. The van der Waals surface area contributed by atoms with Crippen LogP contribution in [0.15, 0.2) is 72.8 Å². The van der Waals surface area contributed by atoms with Crippen LogP contribution in [0.2, 0.25) is 0 Å². The maximum Gasteiger partial charge on any atom is 1.00 e. The topological polar surface area (TPSA) is 61.6 Å². The zero-order valence-corrected chi connectivity index (χ0v) is 26.5. The zero-order valence-electron chi connectivity index (χ0n) is 24.5. The molecule has 0 amide bonds. The van der Waals surface area contributed by atoms with Crippen LogP contribution in [0.4, 0.5) is 10.3 Å². The number of imidazole rings is 1. The molecule has 1 aliphatic rings. The minimum atomic E-state index is -0.766. The van der Waals surface area contributed by atoms with E-state index in [-0.39, 0.29) is 35.4 Å². The molecule has 8 heteroatoms. The average Bonchev–Trinajstić information content (AvgIpc) is 3.28. The van der Waals surface area contributed by atoms with Crippen molar-refractivity contribution in [1.82, 2.24) is 14.5 Å². The Morgan fingerprint density at radius 1 is 0.878 bits per heavy atom. The fraction of sp³-hybridized carbons (Fsp3) is 0.394. The summed E-state index contributed by atoms with van der Waals surface area (Å²) in [6.07, 6.45) is 3.63. The molecule has 1 aliphatic heterocycles. The first-order valence-corrected chi connectivity index (χ1v) is 14.3. The van der Waals surface area contributed by atoms with Crippen molar-refractivity contribution in [1.29, 1.82) is 0 Å². The minimum absolute atomic E-state index is 0. The molecular formula is C33H39FN4NaO2+. The number of para-hydroxylation sites is 2. The van der Waals surface area contributed by atoms with Crippen LogP contribution in [0.1, 0.15) is 43.4 Å². The van der Waals surface area contributed by atoms with Crippen LogP contribution in [0.5, 0.6) is 0 Å². The fourth-order valence-corrected chi connectivity index (χ4v) is 5.55. The van der Waals surface area contributed by atoms with E-state index in [0.717, 1.165) is 80.1 Å². The van der Waals surface area contributed by atoms with Crippen molar-refractivity contribution in [2.75, 3.05) is 37.6 Å². The quantitative estimate of drug-likeness (QED) is 0.316. The number of rotatable bonds is 9. The number of anilines is 1. The number of carbonyl (C=O) groups is 1. The van der Waals surface area contributed by atoms with E-state index in [1.54, 1.807) is 13.8 Å². The molecule has 0 radical (unpaired) electrons. The predicted octanol–water partition coefficient (Wildman–Crippen LogP) is 3.03. The van der Waals surface area contributed by atoms with E-state index in [1.807, 2.05) is 24.3 Å². The smallest absolute Gasteiger partial charge is 0.481 e. The number of aromatic nitrogens is 2. The average molecular weight is 566 g/mol. The number of carboxylic acids is 1. The minimum Gasteiger partial charge on any atom is -0.481 e. The van der Waals surface area contributed by atoms with Crippen LogP contribution in [0.25, 0.3) is 11.0 Å². The van der Waals surface area contributed by atoms with Crippen molar-refractivity contribution in [3.8, 4) is 0 Å². The van der Waals surface area contributed by atoms with Gasteiger partial charge >= 0.3 is 35.5 Å². The van der Waals surface area contributed by atoms with Crippen molar-refractivity contribution in [3.05, 3.63) is 95.3 Å². The number of benzene rings is 3. The van der Waals surface area contributed by atoms with E-state index in [1.165, 1.54) is 17.7 Å². The molecule has 41 heavy (non-hydrogen) atoms. The molecule has 0 aliphatic carbocycles. The van der Waals surface area contributed by atoms with Gasteiger partial charge in [0.1, 0.15) is 5.82 Å². The Balaban J connectivity index is 0.00000387. The van der Waals surface area contributed by atoms with Gasteiger partial charge in [0.2, 0.25) is 5.95 Å². The molecule has 3 aromatic carbocycles. The van der Waals surface area contributed by atoms with E-state index < -0.39 is 11.4 Å². The molecule has 2 heterocycles. The molecule has 0 bridgehead atoms. The largest absolute Gasteiger partial charge is 1.00 e. The Kier molecular flexibility index (Phi) is 10.6. The van der Waals surface area contributed by atoms with E-state index in [0.29, 0.717) is 13.0 Å². The molecule has 5 rings (SSSR count). The number of aliphatic carboxylic acids is 1. The summed E-state index contributed by atoms with van der Waals surface area (Å²) in [5.74, 6) is 0.00655. The van der Waals surface area contributed by atoms with Crippen molar-refractivity contribution >= 4 is 23.0 Å². The second kappa shape index (κ2) is 14.0. The van der Waals surface area contributed by atoms with Gasteiger partial charge in [-0.15, -0.1) is 0 Å². The van der Waals surface area contributed by atoms with Crippen LogP contribution in [0, 0.1) is 11.2 Å². The molecular weight excluding hydrogens is 526 g/mol. The zero-order chi connectivity index (χ0) is 28.1. The van der Waals surface area contributed by atoms with Crippen molar-refractivity contribution in [3.63, 3.8) is 0 Å². The second-order valence-corrected chi connectivity index (χ2v) is 11.6. The van der Waals surface area contributed by atoms with Crippen LogP contribution in [-0.2, 0) is 24.2 Å². The van der Waals surface area contributed by atoms with E-state index in [9.17, 15) is 14.3 Å². The molecule has 1 saturated heterocycles. The third-order valence-corrected chi connectivity index (χ3v) is 7.94. The van der Waals surface area contributed by atoms with Gasteiger partial charge in [0.05, 0.1) is 23.0 Å². The normalized spacial score (nSPS) is 14.9. The molecule has 1 fully saturated rings. The molecule has 210 valence electrons. The standard InChI is InChI=1S/C33H39FN4O2.Na/c1-33(2,31(39)40)23-26-11-9-25(10-12-26)17-22-36-18-5-20-37(21-6-19-36)32-35-29-7-3-4-8-30(29)38(32)24-27-13-15-28(34)16-14-27;/h3-4,7-16H,5-6,17-24H2,1-2H3,(H,39,40);/q;+1. The number of carboxylic acid groups (broad SMARTS) is 1. The van der Waals surface area contributed by atoms with Crippen molar-refractivity contribution in [2.24, 2.45) is 5.41 Å². The Bertz CT molecular complexity index is 1430. The van der Waals surface area contributed by atoms with Gasteiger partial charge < -0.3 is 19.5 Å². The second-order valence-electron chi connectivity index (χ2n) is 11.6. The predicted molar refractivity (Wildman–Crippen MR) is 158 cm³/mol. The van der Waals surface area contributed by atoms with Gasteiger partial charge in [-0.25, -0.2) is 9.37 Å². The third-order valence-electron chi connectivity index (χ3n) is 7.94. The van der Waals surface area contributed by atoms with Crippen LogP contribution >= 0.6 is 0 Å². The summed E-state index contributed by atoms with van der Waals surface area (Å²) in [6, 6.07) is 23.4. The Hall–Kier alpha value is -2.71. The maximum absolute atomic E-state index is 13.5. The number of hydrogen-bond acceptors (Lipinski definition) is 4. The number of hydrogen-bond donors (Lipinski definition) is 1. The van der Waals surface area contributed by atoms with Gasteiger partial charge in [0, 0.05) is 19.6 Å². The summed E-state index contributed by atoms with van der Waals surface area (Å²) in [7, 11) is 0. The molecule has 0 saturated carbocycles. The van der Waals surface area contributed by atoms with Gasteiger partial charge in [-0.2, -0.15) is 0 Å². The number of halogens is 1. The fourth-order valence-electron chi connectivity index (χ4n) is 5.55. The first kappa shape index (κ1) is 31.2. The van der Waals surface area contributed by atoms with Gasteiger partial charge in [0.15, 0.2) is 0 Å². The molecule has 0 spiro atoms. The Labute approximate surface area is 264 Å². The summed E-state index contributed by atoms with van der Waals surface area (Å²) in [6.45, 7) is 9.18. The van der Waals surface area contributed by atoms with E-state index in [2.05, 4.69) is 50.8 Å². The monoisotopic (exact) mass is 565 g/mol. The summed E-state index contributed by atoms with van der Waals surface area (Å²) in [4.78, 5) is 21.4. The first-order valence-electron chi connectivity index (χ1n) is 14.3. The van der Waals surface area contributed by atoms with Crippen LogP contribution in [0.3, 0.4) is 0 Å².